The number of hydrogen-bond acceptors (Lipinski definition) is 4. The molecule has 0 amide bonds. The first-order valence-electron chi connectivity index (χ1n) is 5.89. The Bertz CT molecular complexity index is 407. The summed E-state index contributed by atoms with van der Waals surface area (Å²) in [6, 6.07) is 4.80. The molecule has 100 valence electrons. The smallest absolute Gasteiger partial charge is 0.335 e. The van der Waals surface area contributed by atoms with Crippen molar-refractivity contribution in [1.82, 2.24) is 0 Å². The SMILES string of the molecule is COCCCCN(C)c1ccc(C(=O)O)cc1N. The third kappa shape index (κ3) is 3.92. The highest BCUT2D eigenvalue weighted by atomic mass is 16.5. The number of nitrogen functional groups attached to an aromatic ring is 1. The van der Waals surface area contributed by atoms with Gasteiger partial charge in [0.05, 0.1) is 16.9 Å². The molecule has 0 atom stereocenters. The largest absolute Gasteiger partial charge is 0.478 e. The average Bonchev–Trinajstić information content (AvgIpc) is 2.34. The zero-order valence-corrected chi connectivity index (χ0v) is 10.8. The summed E-state index contributed by atoms with van der Waals surface area (Å²) in [5.74, 6) is -0.962. The zero-order valence-electron chi connectivity index (χ0n) is 10.8. The molecule has 0 bridgehead atoms. The normalized spacial score (nSPS) is 10.3. The summed E-state index contributed by atoms with van der Waals surface area (Å²) in [4.78, 5) is 12.8. The van der Waals surface area contributed by atoms with E-state index >= 15 is 0 Å². The first-order valence-corrected chi connectivity index (χ1v) is 5.89. The van der Waals surface area contributed by atoms with Gasteiger partial charge in [0.15, 0.2) is 0 Å². The van der Waals surface area contributed by atoms with Crippen molar-refractivity contribution in [3.63, 3.8) is 0 Å². The Labute approximate surface area is 107 Å². The van der Waals surface area contributed by atoms with Gasteiger partial charge in [-0.05, 0) is 31.0 Å². The average molecular weight is 252 g/mol. The number of rotatable bonds is 7. The number of carbonyl (C=O) groups is 1. The van der Waals surface area contributed by atoms with Gasteiger partial charge in [0.1, 0.15) is 0 Å². The van der Waals surface area contributed by atoms with E-state index in [9.17, 15) is 4.79 Å². The predicted octanol–water partition coefficient (Wildman–Crippen LogP) is 1.83. The number of unbranched alkanes of at least 4 members (excludes halogenated alkanes) is 1. The number of carboxylic acids is 1. The molecule has 0 aromatic heterocycles. The second-order valence-electron chi connectivity index (χ2n) is 4.20. The molecule has 0 aliphatic carbocycles. The van der Waals surface area contributed by atoms with Gasteiger partial charge in [-0.15, -0.1) is 0 Å². The Morgan fingerprint density at radius 1 is 1.44 bits per heavy atom. The van der Waals surface area contributed by atoms with Gasteiger partial charge in [-0.1, -0.05) is 0 Å². The van der Waals surface area contributed by atoms with Crippen LogP contribution >= 0.6 is 0 Å². The molecule has 5 heteroatoms. The summed E-state index contributed by atoms with van der Waals surface area (Å²) in [6.45, 7) is 1.61. The summed E-state index contributed by atoms with van der Waals surface area (Å²) in [7, 11) is 3.63. The lowest BCUT2D eigenvalue weighted by Gasteiger charge is -2.21. The summed E-state index contributed by atoms with van der Waals surface area (Å²) < 4.78 is 4.99. The monoisotopic (exact) mass is 252 g/mol. The zero-order chi connectivity index (χ0) is 13.5. The maximum absolute atomic E-state index is 10.8. The van der Waals surface area contributed by atoms with Gasteiger partial charge in [0.2, 0.25) is 0 Å². The van der Waals surface area contributed by atoms with Crippen molar-refractivity contribution in [2.45, 2.75) is 12.8 Å². The molecule has 0 aliphatic heterocycles. The number of benzene rings is 1. The Kier molecular flexibility index (Phi) is 5.45. The quantitative estimate of drug-likeness (QED) is 0.572. The molecule has 3 N–H and O–H groups in total. The molecular formula is C13H20N2O3. The van der Waals surface area contributed by atoms with Crippen LogP contribution < -0.4 is 10.6 Å². The third-order valence-electron chi connectivity index (χ3n) is 2.78. The summed E-state index contributed by atoms with van der Waals surface area (Å²) >= 11 is 0. The van der Waals surface area contributed by atoms with Crippen LogP contribution in [0.5, 0.6) is 0 Å². The second-order valence-corrected chi connectivity index (χ2v) is 4.20. The second kappa shape index (κ2) is 6.86. The van der Waals surface area contributed by atoms with Crippen molar-refractivity contribution in [3.8, 4) is 0 Å². The molecule has 0 aliphatic rings. The minimum absolute atomic E-state index is 0.212. The molecule has 1 rings (SSSR count). The van der Waals surface area contributed by atoms with Gasteiger partial charge in [0, 0.05) is 27.3 Å². The highest BCUT2D eigenvalue weighted by molar-refractivity contribution is 5.90. The van der Waals surface area contributed by atoms with Crippen LogP contribution in [0, 0.1) is 0 Å². The van der Waals surface area contributed by atoms with Gasteiger partial charge in [-0.3, -0.25) is 0 Å². The molecule has 18 heavy (non-hydrogen) atoms. The Balaban J connectivity index is 2.62. The fourth-order valence-electron chi connectivity index (χ4n) is 1.75. The molecule has 1 aromatic rings. The van der Waals surface area contributed by atoms with E-state index in [1.165, 1.54) is 6.07 Å². The first-order chi connectivity index (χ1) is 8.56. The van der Waals surface area contributed by atoms with E-state index in [0.29, 0.717) is 5.69 Å². The maximum Gasteiger partial charge on any atom is 0.335 e. The van der Waals surface area contributed by atoms with Crippen molar-refractivity contribution in [1.29, 1.82) is 0 Å². The number of carboxylic acid groups (broad SMARTS) is 1. The number of nitrogens with zero attached hydrogens (tertiary/aromatic N) is 1. The fourth-order valence-corrected chi connectivity index (χ4v) is 1.75. The summed E-state index contributed by atoms with van der Waals surface area (Å²) in [6.07, 6.45) is 2.00. The van der Waals surface area contributed by atoms with E-state index in [1.54, 1.807) is 19.2 Å². The minimum atomic E-state index is -0.962. The molecule has 0 heterocycles. The fraction of sp³-hybridized carbons (Fsp3) is 0.462. The third-order valence-corrected chi connectivity index (χ3v) is 2.78. The number of nitrogens with two attached hydrogens (primary N) is 1. The van der Waals surface area contributed by atoms with Crippen molar-refractivity contribution in [2.75, 3.05) is 37.9 Å². The van der Waals surface area contributed by atoms with Gasteiger partial charge in [-0.25, -0.2) is 4.79 Å². The standard InChI is InChI=1S/C13H20N2O3/c1-15(7-3-4-8-18-2)12-6-5-10(13(16)17)9-11(12)14/h5-6,9H,3-4,7-8,14H2,1-2H3,(H,16,17). The molecule has 0 saturated heterocycles. The van der Waals surface area contributed by atoms with Crippen LogP contribution in [0.15, 0.2) is 18.2 Å². The Morgan fingerprint density at radius 3 is 2.72 bits per heavy atom. The van der Waals surface area contributed by atoms with E-state index in [0.717, 1.165) is 31.7 Å². The van der Waals surface area contributed by atoms with Crippen LogP contribution in [-0.4, -0.2) is 38.4 Å². The number of ether oxygens (including phenoxy) is 1. The van der Waals surface area contributed by atoms with Gasteiger partial charge >= 0.3 is 5.97 Å². The Morgan fingerprint density at radius 2 is 2.17 bits per heavy atom. The van der Waals surface area contributed by atoms with Crippen LogP contribution in [0.2, 0.25) is 0 Å². The maximum atomic E-state index is 10.8. The van der Waals surface area contributed by atoms with Crippen LogP contribution in [0.1, 0.15) is 23.2 Å². The highest BCUT2D eigenvalue weighted by Crippen LogP contribution is 2.23. The summed E-state index contributed by atoms with van der Waals surface area (Å²) in [5.41, 5.74) is 7.42. The molecule has 0 radical (unpaired) electrons. The van der Waals surface area contributed by atoms with E-state index in [1.807, 2.05) is 11.9 Å². The number of aromatic carboxylic acids is 1. The highest BCUT2D eigenvalue weighted by Gasteiger charge is 2.09. The molecule has 5 nitrogen and oxygen atoms in total. The molecule has 1 aromatic carbocycles. The predicted molar refractivity (Wildman–Crippen MR) is 72.2 cm³/mol. The lowest BCUT2D eigenvalue weighted by molar-refractivity contribution is 0.0697. The van der Waals surface area contributed by atoms with Gasteiger partial charge in [-0.2, -0.15) is 0 Å². The van der Waals surface area contributed by atoms with E-state index in [4.69, 9.17) is 15.6 Å². The lowest BCUT2D eigenvalue weighted by atomic mass is 10.1. The van der Waals surface area contributed by atoms with E-state index in [-0.39, 0.29) is 5.56 Å². The number of methoxy groups -OCH3 is 1. The van der Waals surface area contributed by atoms with Gasteiger partial charge in [0.25, 0.3) is 0 Å². The van der Waals surface area contributed by atoms with Crippen LogP contribution in [0.3, 0.4) is 0 Å². The Hall–Kier alpha value is -1.75. The van der Waals surface area contributed by atoms with Gasteiger partial charge < -0.3 is 20.5 Å². The molecule has 0 spiro atoms. The number of anilines is 2. The van der Waals surface area contributed by atoms with Crippen molar-refractivity contribution >= 4 is 17.3 Å². The first kappa shape index (κ1) is 14.3. The van der Waals surface area contributed by atoms with E-state index < -0.39 is 5.97 Å². The van der Waals surface area contributed by atoms with E-state index in [2.05, 4.69) is 0 Å². The van der Waals surface area contributed by atoms with Crippen molar-refractivity contribution in [2.24, 2.45) is 0 Å². The van der Waals surface area contributed by atoms with Crippen LogP contribution in [0.25, 0.3) is 0 Å². The number of hydrogen-bond donors (Lipinski definition) is 2. The lowest BCUT2D eigenvalue weighted by Crippen LogP contribution is -2.20. The molecular weight excluding hydrogens is 232 g/mol. The van der Waals surface area contributed by atoms with Crippen LogP contribution in [0.4, 0.5) is 11.4 Å². The van der Waals surface area contributed by atoms with Crippen molar-refractivity contribution < 1.29 is 14.6 Å². The topological polar surface area (TPSA) is 75.8 Å². The molecule has 0 fully saturated rings. The molecule has 0 saturated carbocycles. The molecule has 0 unspecified atom stereocenters. The summed E-state index contributed by atoms with van der Waals surface area (Å²) in [5, 5.41) is 8.86. The van der Waals surface area contributed by atoms with Crippen LogP contribution in [-0.2, 0) is 4.74 Å². The van der Waals surface area contributed by atoms with Crippen molar-refractivity contribution in [3.05, 3.63) is 23.8 Å². The minimum Gasteiger partial charge on any atom is -0.478 e.